The van der Waals surface area contributed by atoms with Crippen LogP contribution in [0, 0.1) is 0 Å². The number of unbranched alkanes of at least 4 members (excludes halogenated alkanes) is 14. The van der Waals surface area contributed by atoms with Crippen molar-refractivity contribution in [1.29, 1.82) is 0 Å². The molecule has 2 aliphatic rings. The van der Waals surface area contributed by atoms with Crippen LogP contribution >= 0.6 is 34.8 Å². The largest absolute Gasteiger partial charge is 0.462 e. The standard InChI is InChI=1S/C50H79Cl3N2O13/c1-6-9-11-13-15-16-18-19-24-28-39(65-41(56)29-25-20-17-14-12-10-7-2)31-42(57)67-45-43(55-48(59)63-36-50(51,52)53)46(66-40-35-64-49(4,5)68-44(40)45)62-34-38(54-47(58)61-30-8-3)33-60-32-37-26-22-21-23-27-37/h8,21-23,26-27,38-40,43-46H,3,6-7,9-20,24-25,28-36H2,1-2,4-5H3,(H,54,58)(H,55,59)/t38-,39+,40+,43+,44+,45+,46+/m0/s1. The van der Waals surface area contributed by atoms with Gasteiger partial charge >= 0.3 is 24.1 Å². The van der Waals surface area contributed by atoms with Gasteiger partial charge in [-0.1, -0.05) is 182 Å². The van der Waals surface area contributed by atoms with Gasteiger partial charge in [0.25, 0.3) is 0 Å². The number of carbonyl (C=O) groups excluding carboxylic acids is 4. The Labute approximate surface area is 419 Å². The van der Waals surface area contributed by atoms with Crippen molar-refractivity contribution < 1.29 is 61.8 Å². The molecule has 15 nitrogen and oxygen atoms in total. The van der Waals surface area contributed by atoms with Gasteiger partial charge in [0.15, 0.2) is 18.2 Å². The smallest absolute Gasteiger partial charge is 0.407 e. The second kappa shape index (κ2) is 33.7. The van der Waals surface area contributed by atoms with E-state index < -0.39 is 77.1 Å². The lowest BCUT2D eigenvalue weighted by Crippen LogP contribution is -2.69. The zero-order chi connectivity index (χ0) is 49.6. The summed E-state index contributed by atoms with van der Waals surface area (Å²) in [6.45, 7) is 10.7. The molecule has 0 aliphatic carbocycles. The Bertz CT molecular complexity index is 1590. The molecular formula is C50H79Cl3N2O13. The molecule has 0 bridgehead atoms. The highest BCUT2D eigenvalue weighted by atomic mass is 35.6. The average Bonchev–Trinajstić information content (AvgIpc) is 3.29. The Morgan fingerprint density at radius 3 is 2.10 bits per heavy atom. The minimum Gasteiger partial charge on any atom is -0.462 e. The van der Waals surface area contributed by atoms with Gasteiger partial charge in [0.2, 0.25) is 3.79 Å². The molecule has 0 radical (unpaired) electrons. The number of hydrogen-bond donors (Lipinski definition) is 2. The lowest BCUT2D eigenvalue weighted by molar-refractivity contribution is -0.369. The number of rotatable bonds is 34. The van der Waals surface area contributed by atoms with E-state index in [0.29, 0.717) is 12.8 Å². The van der Waals surface area contributed by atoms with Crippen molar-refractivity contribution in [3.63, 3.8) is 0 Å². The molecule has 1 aromatic carbocycles. The second-order valence-electron chi connectivity index (χ2n) is 18.0. The summed E-state index contributed by atoms with van der Waals surface area (Å²) >= 11 is 17.7. The molecule has 2 N–H and O–H groups in total. The Kier molecular flexibility index (Phi) is 29.4. The summed E-state index contributed by atoms with van der Waals surface area (Å²) in [6, 6.07) is 7.36. The van der Waals surface area contributed by atoms with Crippen molar-refractivity contribution in [2.75, 3.05) is 33.0 Å². The first kappa shape index (κ1) is 59.4. The fourth-order valence-corrected chi connectivity index (χ4v) is 8.07. The summed E-state index contributed by atoms with van der Waals surface area (Å²) in [5.74, 6) is -2.21. The van der Waals surface area contributed by atoms with Gasteiger partial charge in [-0.3, -0.25) is 9.59 Å². The summed E-state index contributed by atoms with van der Waals surface area (Å²) in [5.41, 5.74) is 0.906. The molecule has 68 heavy (non-hydrogen) atoms. The lowest BCUT2D eigenvalue weighted by atomic mass is 9.95. The first-order valence-corrected chi connectivity index (χ1v) is 25.9. The van der Waals surface area contributed by atoms with Crippen molar-refractivity contribution in [2.45, 2.75) is 209 Å². The Morgan fingerprint density at radius 2 is 1.47 bits per heavy atom. The van der Waals surface area contributed by atoms with Gasteiger partial charge in [-0.25, -0.2) is 9.59 Å². The van der Waals surface area contributed by atoms with E-state index >= 15 is 0 Å². The van der Waals surface area contributed by atoms with E-state index in [1.807, 2.05) is 30.3 Å². The lowest BCUT2D eigenvalue weighted by Gasteiger charge is -2.50. The number of alkyl halides is 3. The van der Waals surface area contributed by atoms with Gasteiger partial charge in [0.05, 0.1) is 38.9 Å². The predicted molar refractivity (Wildman–Crippen MR) is 261 cm³/mol. The first-order chi connectivity index (χ1) is 32.6. The Balaban J connectivity index is 1.85. The molecule has 0 spiro atoms. The van der Waals surface area contributed by atoms with Gasteiger partial charge in [-0.05, 0) is 38.7 Å². The molecule has 7 atom stereocenters. The summed E-state index contributed by atoms with van der Waals surface area (Å²) in [7, 11) is 0. The van der Waals surface area contributed by atoms with E-state index in [1.54, 1.807) is 13.8 Å². The van der Waals surface area contributed by atoms with Crippen LogP contribution in [0.1, 0.15) is 155 Å². The van der Waals surface area contributed by atoms with Crippen LogP contribution in [0.15, 0.2) is 43.0 Å². The number of halogens is 3. The monoisotopic (exact) mass is 1020 g/mol. The fraction of sp³-hybridized carbons (Fsp3) is 0.760. The third-order valence-corrected chi connectivity index (χ3v) is 11.8. The molecular weight excluding hydrogens is 943 g/mol. The van der Waals surface area contributed by atoms with Crippen molar-refractivity contribution >= 4 is 58.9 Å². The van der Waals surface area contributed by atoms with E-state index in [-0.39, 0.29) is 51.8 Å². The van der Waals surface area contributed by atoms with Gasteiger partial charge in [-0.2, -0.15) is 0 Å². The summed E-state index contributed by atoms with van der Waals surface area (Å²) in [4.78, 5) is 53.6. The second-order valence-corrected chi connectivity index (χ2v) is 20.5. The highest BCUT2D eigenvalue weighted by Gasteiger charge is 2.54. The van der Waals surface area contributed by atoms with Crippen LogP contribution in [0.5, 0.6) is 0 Å². The first-order valence-electron chi connectivity index (χ1n) is 24.8. The summed E-state index contributed by atoms with van der Waals surface area (Å²) in [6.07, 6.45) is 12.2. The maximum Gasteiger partial charge on any atom is 0.407 e. The number of nitrogens with one attached hydrogen (secondary N) is 2. The summed E-state index contributed by atoms with van der Waals surface area (Å²) in [5, 5.41) is 5.42. The average molecular weight is 1020 g/mol. The van der Waals surface area contributed by atoms with E-state index in [0.717, 1.165) is 50.5 Å². The molecule has 0 aromatic heterocycles. The zero-order valence-electron chi connectivity index (χ0n) is 40.8. The number of esters is 2. The molecule has 2 saturated heterocycles. The Hall–Kier alpha value is -2.89. The van der Waals surface area contributed by atoms with Crippen molar-refractivity contribution in [3.05, 3.63) is 48.6 Å². The molecule has 2 aliphatic heterocycles. The number of alkyl carbamates (subject to hydrolysis) is 2. The summed E-state index contributed by atoms with van der Waals surface area (Å²) < 4.78 is 51.7. The van der Waals surface area contributed by atoms with E-state index in [4.69, 9.17) is 77.4 Å². The van der Waals surface area contributed by atoms with Crippen LogP contribution < -0.4 is 10.6 Å². The van der Waals surface area contributed by atoms with Crippen LogP contribution in [0.25, 0.3) is 0 Å². The number of fused-ring (bicyclic) bond motifs is 1. The van der Waals surface area contributed by atoms with Crippen molar-refractivity contribution in [3.8, 4) is 0 Å². The Morgan fingerprint density at radius 1 is 0.838 bits per heavy atom. The highest BCUT2D eigenvalue weighted by Crippen LogP contribution is 2.35. The van der Waals surface area contributed by atoms with Crippen LogP contribution in [0.2, 0.25) is 0 Å². The molecule has 3 rings (SSSR count). The number of amides is 2. The van der Waals surface area contributed by atoms with E-state index in [2.05, 4.69) is 31.1 Å². The quantitative estimate of drug-likeness (QED) is 0.0220. The van der Waals surface area contributed by atoms with Crippen LogP contribution in [0.3, 0.4) is 0 Å². The maximum atomic E-state index is 14.2. The number of hydrogen-bond acceptors (Lipinski definition) is 13. The topological polar surface area (TPSA) is 175 Å². The van der Waals surface area contributed by atoms with E-state index in [9.17, 15) is 19.2 Å². The maximum absolute atomic E-state index is 14.2. The highest BCUT2D eigenvalue weighted by molar-refractivity contribution is 6.67. The molecule has 2 heterocycles. The van der Waals surface area contributed by atoms with Crippen molar-refractivity contribution in [1.82, 2.24) is 10.6 Å². The number of ether oxygens (including phenoxy) is 9. The van der Waals surface area contributed by atoms with Gasteiger partial charge in [-0.15, -0.1) is 0 Å². The number of carbonyl (C=O) groups is 4. The van der Waals surface area contributed by atoms with Crippen LogP contribution in [0.4, 0.5) is 9.59 Å². The molecule has 1 aromatic rings. The molecule has 18 heteroatoms. The minimum atomic E-state index is -1.93. The van der Waals surface area contributed by atoms with Gasteiger partial charge < -0.3 is 53.3 Å². The van der Waals surface area contributed by atoms with Crippen LogP contribution in [-0.2, 0) is 58.8 Å². The zero-order valence-corrected chi connectivity index (χ0v) is 43.1. The normalized spacial score (nSPS) is 20.8. The van der Waals surface area contributed by atoms with Crippen molar-refractivity contribution in [2.24, 2.45) is 0 Å². The molecule has 388 valence electrons. The van der Waals surface area contributed by atoms with E-state index in [1.165, 1.54) is 57.4 Å². The van der Waals surface area contributed by atoms with Crippen LogP contribution in [-0.4, -0.2) is 110 Å². The fourth-order valence-electron chi connectivity index (χ4n) is 7.91. The molecule has 2 amide bonds. The molecule has 0 saturated carbocycles. The molecule has 2 fully saturated rings. The number of benzene rings is 1. The minimum absolute atomic E-state index is 0.00317. The molecule has 0 unspecified atom stereocenters. The predicted octanol–water partition coefficient (Wildman–Crippen LogP) is 11.1. The SMILES string of the molecule is C=CCOC(=O)N[C@@H](COCc1ccccc1)CO[C@@H]1O[C@@H]2COC(C)(C)O[C@H]2[C@H](OC(=O)C[C@@H](CCCCCCCCCCC)OC(=O)CCCCCCCCC)[C@H]1NC(=O)OCC(Cl)(Cl)Cl. The van der Waals surface area contributed by atoms with Gasteiger partial charge in [0.1, 0.15) is 37.6 Å². The third kappa shape index (κ3) is 25.8. The third-order valence-electron chi connectivity index (χ3n) is 11.4. The van der Waals surface area contributed by atoms with Gasteiger partial charge in [0, 0.05) is 6.42 Å².